The van der Waals surface area contributed by atoms with Crippen LogP contribution in [0.25, 0.3) is 0 Å². The molecule has 98 valence electrons. The number of hydrogen-bond acceptors (Lipinski definition) is 4. The van der Waals surface area contributed by atoms with Crippen LogP contribution in [0.5, 0.6) is 0 Å². The molecule has 0 saturated carbocycles. The second-order valence-electron chi connectivity index (χ2n) is 3.69. The van der Waals surface area contributed by atoms with Gasteiger partial charge in [-0.05, 0) is 12.5 Å². The first kappa shape index (κ1) is 14.1. The summed E-state index contributed by atoms with van der Waals surface area (Å²) in [6.07, 6.45) is 4.36. The molecule has 0 aromatic carbocycles. The molecule has 7 heteroatoms. The van der Waals surface area contributed by atoms with Crippen molar-refractivity contribution in [2.45, 2.75) is 37.9 Å². The Kier molecular flexibility index (Phi) is 5.60. The number of aromatic nitrogens is 2. The minimum absolute atomic E-state index is 0.123. The summed E-state index contributed by atoms with van der Waals surface area (Å²) in [6.45, 7) is 2.65. The number of methoxy groups -OCH3 is 1. The minimum Gasteiger partial charge on any atom is -0.362 e. The van der Waals surface area contributed by atoms with Crippen LogP contribution >= 0.6 is 0 Å². The molecule has 0 aliphatic rings. The smallest absolute Gasteiger partial charge is 0.257 e. The minimum atomic E-state index is -3.48. The zero-order chi connectivity index (χ0) is 12.7. The summed E-state index contributed by atoms with van der Waals surface area (Å²) in [6, 6.07) is 1.46. The van der Waals surface area contributed by atoms with Gasteiger partial charge in [0.25, 0.3) is 10.0 Å². The van der Waals surface area contributed by atoms with E-state index >= 15 is 0 Å². The van der Waals surface area contributed by atoms with E-state index in [0.717, 1.165) is 19.3 Å². The van der Waals surface area contributed by atoms with E-state index in [2.05, 4.69) is 16.7 Å². The van der Waals surface area contributed by atoms with E-state index in [1.165, 1.54) is 24.1 Å². The van der Waals surface area contributed by atoms with Crippen LogP contribution < -0.4 is 4.72 Å². The fourth-order valence-corrected chi connectivity index (χ4v) is 2.60. The van der Waals surface area contributed by atoms with Crippen molar-refractivity contribution in [3.8, 4) is 0 Å². The first-order chi connectivity index (χ1) is 8.11. The fraction of sp³-hybridized carbons (Fsp3) is 0.700. The summed E-state index contributed by atoms with van der Waals surface area (Å²) in [5.74, 6) is 0. The molecule has 1 rings (SSSR count). The number of hydrogen-bond donors (Lipinski definition) is 1. The molecule has 6 nitrogen and oxygen atoms in total. The molecule has 0 saturated heterocycles. The van der Waals surface area contributed by atoms with Gasteiger partial charge < -0.3 is 4.74 Å². The lowest BCUT2D eigenvalue weighted by molar-refractivity contribution is 0.112. The molecular formula is C10H19N3O3S. The van der Waals surface area contributed by atoms with Crippen LogP contribution in [0.2, 0.25) is 0 Å². The van der Waals surface area contributed by atoms with Crippen LogP contribution in [0.1, 0.15) is 26.2 Å². The number of ether oxygens (including phenoxy) is 1. The summed E-state index contributed by atoms with van der Waals surface area (Å²) in [5.41, 5.74) is 0. The van der Waals surface area contributed by atoms with E-state index in [1.54, 1.807) is 0 Å². The van der Waals surface area contributed by atoms with Gasteiger partial charge in [-0.2, -0.15) is 5.10 Å². The Labute approximate surface area is 102 Å². The van der Waals surface area contributed by atoms with Gasteiger partial charge in [-0.1, -0.05) is 19.8 Å². The molecular weight excluding hydrogens is 242 g/mol. The van der Waals surface area contributed by atoms with Crippen molar-refractivity contribution in [3.05, 3.63) is 12.3 Å². The Hall–Kier alpha value is -0.920. The van der Waals surface area contributed by atoms with Gasteiger partial charge in [-0.15, -0.1) is 0 Å². The maximum absolute atomic E-state index is 11.9. The highest BCUT2D eigenvalue weighted by Crippen LogP contribution is 2.08. The average molecular weight is 261 g/mol. The Morgan fingerprint density at radius 1 is 1.47 bits per heavy atom. The number of unbranched alkanes of at least 4 members (excludes halogenated alkanes) is 2. The predicted octanol–water partition coefficient (Wildman–Crippen LogP) is 0.955. The molecule has 1 aromatic rings. The Morgan fingerprint density at radius 2 is 2.24 bits per heavy atom. The Bertz CT molecular complexity index is 428. The maximum atomic E-state index is 11.9. The zero-order valence-corrected chi connectivity index (χ0v) is 11.0. The largest absolute Gasteiger partial charge is 0.362 e. The monoisotopic (exact) mass is 261 g/mol. The number of nitrogens with zero attached hydrogens (tertiary/aromatic N) is 2. The van der Waals surface area contributed by atoms with E-state index in [0.29, 0.717) is 6.54 Å². The van der Waals surface area contributed by atoms with Gasteiger partial charge in [0.05, 0.1) is 6.20 Å². The first-order valence-electron chi connectivity index (χ1n) is 5.62. The van der Waals surface area contributed by atoms with Crippen molar-refractivity contribution in [2.75, 3.05) is 13.7 Å². The first-order valence-corrected chi connectivity index (χ1v) is 7.10. The van der Waals surface area contributed by atoms with Gasteiger partial charge in [0, 0.05) is 13.7 Å². The van der Waals surface area contributed by atoms with Crippen molar-refractivity contribution < 1.29 is 13.2 Å². The summed E-state index contributed by atoms with van der Waals surface area (Å²) in [4.78, 5) is 0. The summed E-state index contributed by atoms with van der Waals surface area (Å²) >= 11 is 0. The highest BCUT2D eigenvalue weighted by atomic mass is 32.2. The molecule has 17 heavy (non-hydrogen) atoms. The second-order valence-corrected chi connectivity index (χ2v) is 5.41. The molecule has 1 aromatic heterocycles. The van der Waals surface area contributed by atoms with E-state index < -0.39 is 10.0 Å². The quantitative estimate of drug-likeness (QED) is 0.707. The van der Waals surface area contributed by atoms with E-state index in [1.807, 2.05) is 0 Å². The summed E-state index contributed by atoms with van der Waals surface area (Å²) in [7, 11) is -1.99. The normalized spacial score (nSPS) is 11.9. The second kappa shape index (κ2) is 6.73. The molecule has 0 spiro atoms. The molecule has 1 heterocycles. The van der Waals surface area contributed by atoms with Crippen LogP contribution in [0.3, 0.4) is 0 Å². The topological polar surface area (TPSA) is 73.2 Å². The standard InChI is InChI=1S/C10H19N3O3S/c1-3-4-5-7-12-17(14,15)10-6-8-11-13(10)9-16-2/h6,8,12H,3-5,7,9H2,1-2H3. The van der Waals surface area contributed by atoms with Crippen molar-refractivity contribution in [1.82, 2.24) is 14.5 Å². The van der Waals surface area contributed by atoms with Crippen LogP contribution in [0, 0.1) is 0 Å². The maximum Gasteiger partial charge on any atom is 0.257 e. The molecule has 0 fully saturated rings. The van der Waals surface area contributed by atoms with Gasteiger partial charge in [-0.25, -0.2) is 17.8 Å². The zero-order valence-electron chi connectivity index (χ0n) is 10.2. The highest BCUT2D eigenvalue weighted by Gasteiger charge is 2.18. The highest BCUT2D eigenvalue weighted by molar-refractivity contribution is 7.89. The molecule has 0 aliphatic carbocycles. The fourth-order valence-electron chi connectivity index (χ4n) is 1.42. The van der Waals surface area contributed by atoms with Crippen LogP contribution in [0.15, 0.2) is 17.3 Å². The molecule has 0 unspecified atom stereocenters. The third-order valence-electron chi connectivity index (χ3n) is 2.28. The SMILES string of the molecule is CCCCCNS(=O)(=O)c1ccnn1COC. The number of sulfonamides is 1. The van der Waals surface area contributed by atoms with Crippen molar-refractivity contribution in [3.63, 3.8) is 0 Å². The Morgan fingerprint density at radius 3 is 2.88 bits per heavy atom. The lowest BCUT2D eigenvalue weighted by Crippen LogP contribution is -2.27. The molecule has 0 radical (unpaired) electrons. The van der Waals surface area contributed by atoms with E-state index in [9.17, 15) is 8.42 Å². The lowest BCUT2D eigenvalue weighted by atomic mass is 10.3. The lowest BCUT2D eigenvalue weighted by Gasteiger charge is -2.08. The average Bonchev–Trinajstić information content (AvgIpc) is 2.74. The molecule has 0 amide bonds. The predicted molar refractivity (Wildman–Crippen MR) is 63.9 cm³/mol. The van der Waals surface area contributed by atoms with Crippen LogP contribution in [0.4, 0.5) is 0 Å². The van der Waals surface area contributed by atoms with E-state index in [4.69, 9.17) is 4.74 Å². The molecule has 0 aliphatic heterocycles. The van der Waals surface area contributed by atoms with E-state index in [-0.39, 0.29) is 11.8 Å². The Balaban J connectivity index is 2.65. The van der Waals surface area contributed by atoms with Gasteiger partial charge in [0.2, 0.25) is 0 Å². The number of rotatable bonds is 8. The molecule has 0 atom stereocenters. The van der Waals surface area contributed by atoms with Gasteiger partial charge >= 0.3 is 0 Å². The summed E-state index contributed by atoms with van der Waals surface area (Å²) < 4.78 is 32.6. The van der Waals surface area contributed by atoms with Gasteiger partial charge in [0.15, 0.2) is 5.03 Å². The van der Waals surface area contributed by atoms with Gasteiger partial charge in [-0.3, -0.25) is 0 Å². The van der Waals surface area contributed by atoms with Gasteiger partial charge in [0.1, 0.15) is 6.73 Å². The molecule has 0 bridgehead atoms. The van der Waals surface area contributed by atoms with Crippen molar-refractivity contribution in [2.24, 2.45) is 0 Å². The molecule has 1 N–H and O–H groups in total. The van der Waals surface area contributed by atoms with Crippen molar-refractivity contribution >= 4 is 10.0 Å². The third-order valence-corrected chi connectivity index (χ3v) is 3.76. The van der Waals surface area contributed by atoms with Crippen LogP contribution in [-0.2, 0) is 21.5 Å². The third kappa shape index (κ3) is 4.10. The summed E-state index contributed by atoms with van der Waals surface area (Å²) in [5, 5.41) is 4.02. The number of nitrogens with one attached hydrogen (secondary N) is 1. The van der Waals surface area contributed by atoms with Crippen LogP contribution in [-0.4, -0.2) is 31.9 Å². The van der Waals surface area contributed by atoms with Crippen molar-refractivity contribution in [1.29, 1.82) is 0 Å².